The van der Waals surface area contributed by atoms with Gasteiger partial charge in [-0.3, -0.25) is 9.59 Å². The molecule has 128 valence electrons. The third-order valence-corrected chi connectivity index (χ3v) is 3.83. The number of hydrogen-bond acceptors (Lipinski definition) is 5. The molecule has 6 heteroatoms. The number of Topliss-reactive ketones (excluding diaryl/α,β-unsaturated/α-hetero) is 1. The van der Waals surface area contributed by atoms with Crippen molar-refractivity contribution in [1.29, 1.82) is 0 Å². The van der Waals surface area contributed by atoms with Crippen molar-refractivity contribution in [3.05, 3.63) is 70.6 Å². The van der Waals surface area contributed by atoms with Crippen LogP contribution in [0.4, 0.5) is 0 Å². The number of nitrogens with zero attached hydrogens (tertiary/aromatic N) is 2. The van der Waals surface area contributed by atoms with Gasteiger partial charge in [0.15, 0.2) is 5.78 Å². The van der Waals surface area contributed by atoms with Gasteiger partial charge in [0.05, 0.1) is 18.1 Å². The Labute approximate surface area is 144 Å². The van der Waals surface area contributed by atoms with Gasteiger partial charge in [-0.15, -0.1) is 0 Å². The van der Waals surface area contributed by atoms with E-state index >= 15 is 0 Å². The molecule has 1 aromatic heterocycles. The summed E-state index contributed by atoms with van der Waals surface area (Å²) >= 11 is 0. The normalized spacial score (nSPS) is 12.1. The number of aromatic nitrogens is 2. The Morgan fingerprint density at radius 2 is 2.04 bits per heavy atom. The molecule has 6 nitrogen and oxygen atoms in total. The van der Waals surface area contributed by atoms with E-state index in [4.69, 9.17) is 4.74 Å². The Hall–Kier alpha value is -2.99. The molecular weight excluding hydrogens is 320 g/mol. The van der Waals surface area contributed by atoms with Gasteiger partial charge in [-0.25, -0.2) is 4.68 Å². The molecule has 1 N–H and O–H groups in total. The zero-order valence-electron chi connectivity index (χ0n) is 13.8. The Morgan fingerprint density at radius 3 is 2.84 bits per heavy atom. The smallest absolute Gasteiger partial charge is 0.274 e. The van der Waals surface area contributed by atoms with Crippen LogP contribution in [0.15, 0.2) is 59.5 Å². The number of ether oxygens (including phenoxy) is 1. The van der Waals surface area contributed by atoms with Crippen molar-refractivity contribution in [3.8, 4) is 5.75 Å². The summed E-state index contributed by atoms with van der Waals surface area (Å²) < 4.78 is 6.74. The molecule has 0 radical (unpaired) electrons. The summed E-state index contributed by atoms with van der Waals surface area (Å²) in [5, 5.41) is 15.5. The summed E-state index contributed by atoms with van der Waals surface area (Å²) in [4.78, 5) is 23.7. The molecule has 0 aliphatic rings. The van der Waals surface area contributed by atoms with E-state index in [0.717, 1.165) is 5.39 Å². The highest BCUT2D eigenvalue weighted by Gasteiger charge is 2.11. The third-order valence-electron chi connectivity index (χ3n) is 3.83. The number of aliphatic hydroxyl groups is 1. The molecule has 1 unspecified atom stereocenters. The zero-order chi connectivity index (χ0) is 17.8. The highest BCUT2D eigenvalue weighted by atomic mass is 16.5. The second-order valence-electron chi connectivity index (χ2n) is 5.77. The van der Waals surface area contributed by atoms with Gasteiger partial charge in [-0.05, 0) is 25.1 Å². The lowest BCUT2D eigenvalue weighted by atomic mass is 10.1. The summed E-state index contributed by atoms with van der Waals surface area (Å²) in [6, 6.07) is 13.9. The summed E-state index contributed by atoms with van der Waals surface area (Å²) in [6.45, 7) is 1.49. The molecule has 0 spiro atoms. The molecule has 3 aromatic rings. The highest BCUT2D eigenvalue weighted by Crippen LogP contribution is 2.14. The summed E-state index contributed by atoms with van der Waals surface area (Å²) in [5.41, 5.74) is 0.287. The van der Waals surface area contributed by atoms with Crippen molar-refractivity contribution in [2.45, 2.75) is 19.6 Å². The van der Waals surface area contributed by atoms with Gasteiger partial charge in [-0.1, -0.05) is 30.3 Å². The number of carbonyl (C=O) groups excluding carboxylic acids is 1. The van der Waals surface area contributed by atoms with Gasteiger partial charge in [0.1, 0.15) is 18.5 Å². The molecule has 25 heavy (non-hydrogen) atoms. The molecule has 0 amide bonds. The number of carbonyl (C=O) groups is 1. The maximum absolute atomic E-state index is 12.4. The standard InChI is InChI=1S/C19H18N2O4/c1-13(22)14-6-4-7-17(9-14)25-12-16(23)11-21-19(24)18-8-3-2-5-15(18)10-20-21/h2-10,16,23H,11-12H2,1H3. The summed E-state index contributed by atoms with van der Waals surface area (Å²) in [5.74, 6) is 0.434. The summed E-state index contributed by atoms with van der Waals surface area (Å²) in [6.07, 6.45) is 0.688. The quantitative estimate of drug-likeness (QED) is 0.696. The number of rotatable bonds is 6. The number of ketones is 1. The van der Waals surface area contributed by atoms with Gasteiger partial charge in [0.2, 0.25) is 0 Å². The van der Waals surface area contributed by atoms with Gasteiger partial charge in [0.25, 0.3) is 5.56 Å². The Bertz CT molecular complexity index is 965. The predicted molar refractivity (Wildman–Crippen MR) is 94.0 cm³/mol. The van der Waals surface area contributed by atoms with Crippen molar-refractivity contribution in [2.24, 2.45) is 0 Å². The molecule has 0 bridgehead atoms. The first-order valence-electron chi connectivity index (χ1n) is 7.91. The SMILES string of the molecule is CC(=O)c1cccc(OCC(O)Cn2ncc3ccccc3c2=O)c1. The van der Waals surface area contributed by atoms with Crippen LogP contribution in [-0.4, -0.2) is 33.4 Å². The van der Waals surface area contributed by atoms with Gasteiger partial charge in [0, 0.05) is 10.9 Å². The first kappa shape index (κ1) is 16.9. The van der Waals surface area contributed by atoms with E-state index in [-0.39, 0.29) is 24.5 Å². The predicted octanol–water partition coefficient (Wildman–Crippen LogP) is 2.04. The fraction of sp³-hybridized carbons (Fsp3) is 0.211. The van der Waals surface area contributed by atoms with Crippen LogP contribution < -0.4 is 10.3 Å². The first-order chi connectivity index (χ1) is 12.0. The lowest BCUT2D eigenvalue weighted by Gasteiger charge is -2.14. The molecule has 0 fully saturated rings. The van der Waals surface area contributed by atoms with Crippen LogP contribution in [0.25, 0.3) is 10.8 Å². The Morgan fingerprint density at radius 1 is 1.24 bits per heavy atom. The molecule has 0 saturated heterocycles. The van der Waals surface area contributed by atoms with E-state index in [0.29, 0.717) is 16.7 Å². The van der Waals surface area contributed by atoms with Crippen LogP contribution in [0.5, 0.6) is 5.75 Å². The average molecular weight is 338 g/mol. The molecular formula is C19H18N2O4. The molecule has 3 rings (SSSR count). The summed E-state index contributed by atoms with van der Waals surface area (Å²) in [7, 11) is 0. The fourth-order valence-electron chi connectivity index (χ4n) is 2.51. The zero-order valence-corrected chi connectivity index (χ0v) is 13.8. The number of fused-ring (bicyclic) bond motifs is 1. The minimum Gasteiger partial charge on any atom is -0.491 e. The fourth-order valence-corrected chi connectivity index (χ4v) is 2.51. The van der Waals surface area contributed by atoms with Crippen LogP contribution >= 0.6 is 0 Å². The van der Waals surface area contributed by atoms with Crippen molar-refractivity contribution in [1.82, 2.24) is 9.78 Å². The van der Waals surface area contributed by atoms with Crippen LogP contribution in [-0.2, 0) is 6.54 Å². The second-order valence-corrected chi connectivity index (χ2v) is 5.77. The molecule has 1 heterocycles. The van der Waals surface area contributed by atoms with Gasteiger partial charge < -0.3 is 9.84 Å². The number of aliphatic hydroxyl groups excluding tert-OH is 1. The average Bonchev–Trinajstić information content (AvgIpc) is 2.63. The third kappa shape index (κ3) is 3.92. The molecule has 0 aliphatic heterocycles. The first-order valence-corrected chi connectivity index (χ1v) is 7.91. The maximum atomic E-state index is 12.4. The molecule has 0 aliphatic carbocycles. The lowest BCUT2D eigenvalue weighted by Crippen LogP contribution is -2.31. The van der Waals surface area contributed by atoms with E-state index < -0.39 is 6.10 Å². The monoisotopic (exact) mass is 338 g/mol. The van der Waals surface area contributed by atoms with Gasteiger partial charge in [-0.2, -0.15) is 5.10 Å². The molecule has 1 atom stereocenters. The van der Waals surface area contributed by atoms with Gasteiger partial charge >= 0.3 is 0 Å². The van der Waals surface area contributed by atoms with E-state index in [2.05, 4.69) is 5.10 Å². The van der Waals surface area contributed by atoms with Crippen LogP contribution in [0.1, 0.15) is 17.3 Å². The van der Waals surface area contributed by atoms with Crippen molar-refractivity contribution >= 4 is 16.6 Å². The second kappa shape index (κ2) is 7.27. The molecule has 2 aromatic carbocycles. The van der Waals surface area contributed by atoms with Crippen molar-refractivity contribution < 1.29 is 14.6 Å². The van der Waals surface area contributed by atoms with Crippen molar-refractivity contribution in [2.75, 3.05) is 6.61 Å². The lowest BCUT2D eigenvalue weighted by molar-refractivity contribution is 0.0880. The minimum absolute atomic E-state index is 0.0116. The minimum atomic E-state index is -0.910. The van der Waals surface area contributed by atoms with Crippen molar-refractivity contribution in [3.63, 3.8) is 0 Å². The molecule has 0 saturated carbocycles. The van der Waals surface area contributed by atoms with E-state index in [1.54, 1.807) is 42.6 Å². The Kier molecular flexibility index (Phi) is 4.90. The number of benzene rings is 2. The van der Waals surface area contributed by atoms with Crippen LogP contribution in [0.2, 0.25) is 0 Å². The van der Waals surface area contributed by atoms with E-state index in [1.807, 2.05) is 12.1 Å². The maximum Gasteiger partial charge on any atom is 0.274 e. The van der Waals surface area contributed by atoms with E-state index in [1.165, 1.54) is 11.6 Å². The van der Waals surface area contributed by atoms with E-state index in [9.17, 15) is 14.7 Å². The highest BCUT2D eigenvalue weighted by molar-refractivity contribution is 5.94. The number of hydrogen-bond donors (Lipinski definition) is 1. The van der Waals surface area contributed by atoms with Crippen LogP contribution in [0, 0.1) is 0 Å². The van der Waals surface area contributed by atoms with Crippen LogP contribution in [0.3, 0.4) is 0 Å². The Balaban J connectivity index is 1.68. The largest absolute Gasteiger partial charge is 0.491 e. The topological polar surface area (TPSA) is 81.4 Å².